The molecule has 0 spiro atoms. The van der Waals surface area contributed by atoms with Gasteiger partial charge in [0.15, 0.2) is 0 Å². The Balaban J connectivity index is 1.42. The number of carbonyl (C=O) groups is 1. The number of nitrogens with one attached hydrogen (secondary N) is 1. The summed E-state index contributed by atoms with van der Waals surface area (Å²) in [6.07, 6.45) is 4.14. The van der Waals surface area contributed by atoms with Gasteiger partial charge in [0.1, 0.15) is 5.82 Å². The van der Waals surface area contributed by atoms with Gasteiger partial charge in [-0.05, 0) is 17.9 Å². The molecule has 2 heterocycles. The molecule has 2 aliphatic rings. The number of carbonyl (C=O) groups excluding carboxylic acids is 1. The summed E-state index contributed by atoms with van der Waals surface area (Å²) in [5.41, 5.74) is 0.00581. The van der Waals surface area contributed by atoms with Gasteiger partial charge in [0, 0.05) is 19.5 Å². The van der Waals surface area contributed by atoms with Crippen molar-refractivity contribution >= 4 is 11.7 Å². The van der Waals surface area contributed by atoms with Gasteiger partial charge >= 0.3 is 6.03 Å². The summed E-state index contributed by atoms with van der Waals surface area (Å²) in [6.45, 7) is 4.50. The molecule has 5 nitrogen and oxygen atoms in total. The van der Waals surface area contributed by atoms with Crippen LogP contribution in [0.1, 0.15) is 31.7 Å². The van der Waals surface area contributed by atoms with E-state index in [1.165, 1.54) is 4.90 Å². The van der Waals surface area contributed by atoms with Crippen LogP contribution in [0.5, 0.6) is 0 Å². The molecule has 0 radical (unpaired) electrons. The van der Waals surface area contributed by atoms with Crippen LogP contribution in [-0.2, 0) is 11.8 Å². The third-order valence-corrected chi connectivity index (χ3v) is 5.85. The van der Waals surface area contributed by atoms with Gasteiger partial charge in [-0.1, -0.05) is 44.2 Å². The molecule has 4 rings (SSSR count). The van der Waals surface area contributed by atoms with Gasteiger partial charge in [-0.15, -0.1) is 0 Å². The number of nitrogens with zero attached hydrogens (tertiary/aromatic N) is 3. The molecule has 1 aliphatic heterocycles. The van der Waals surface area contributed by atoms with E-state index in [1.807, 2.05) is 6.07 Å². The van der Waals surface area contributed by atoms with E-state index in [0.29, 0.717) is 23.7 Å². The number of piperidine rings is 1. The number of urea groups is 1. The molecule has 2 aromatic rings. The molecule has 1 saturated heterocycles. The number of halogens is 2. The minimum atomic E-state index is -2.79. The maximum atomic E-state index is 14.7. The largest absolute Gasteiger partial charge is 0.324 e. The summed E-state index contributed by atoms with van der Waals surface area (Å²) in [5, 5.41) is 2.73. The van der Waals surface area contributed by atoms with Gasteiger partial charge in [-0.3, -0.25) is 0 Å². The molecule has 7 heteroatoms. The molecule has 1 aromatic carbocycles. The Morgan fingerprint density at radius 2 is 1.93 bits per heavy atom. The van der Waals surface area contributed by atoms with Crippen molar-refractivity contribution in [2.45, 2.75) is 38.0 Å². The SMILES string of the molecule is CC(C)Cc1ncc(NC(=O)N2CCC3(c4ccccc4)C(C2)C3(F)F)cn1. The fourth-order valence-corrected chi connectivity index (χ4v) is 4.32. The van der Waals surface area contributed by atoms with E-state index in [1.54, 1.807) is 36.7 Å². The van der Waals surface area contributed by atoms with Crippen molar-refractivity contribution in [1.82, 2.24) is 14.9 Å². The molecular weight excluding hydrogens is 362 g/mol. The van der Waals surface area contributed by atoms with Crippen molar-refractivity contribution in [3.05, 3.63) is 54.1 Å². The van der Waals surface area contributed by atoms with Gasteiger partial charge in [-0.25, -0.2) is 23.5 Å². The van der Waals surface area contributed by atoms with E-state index in [2.05, 4.69) is 29.1 Å². The standard InChI is InChI=1S/C21H24F2N4O/c1-14(2)10-18-24-11-16(12-25-18)26-19(28)27-9-8-20(15-6-4-3-5-7-15)17(13-27)21(20,22)23/h3-7,11-12,14,17H,8-10,13H2,1-2H3,(H,26,28). The Morgan fingerprint density at radius 3 is 2.54 bits per heavy atom. The highest BCUT2D eigenvalue weighted by Crippen LogP contribution is 2.70. The number of aromatic nitrogens is 2. The highest BCUT2D eigenvalue weighted by molar-refractivity contribution is 5.89. The van der Waals surface area contributed by atoms with Gasteiger partial charge in [0.2, 0.25) is 0 Å². The Morgan fingerprint density at radius 1 is 1.25 bits per heavy atom. The van der Waals surface area contributed by atoms with E-state index in [9.17, 15) is 13.6 Å². The Kier molecular flexibility index (Phi) is 4.56. The first-order valence-corrected chi connectivity index (χ1v) is 9.65. The number of fused-ring (bicyclic) bond motifs is 1. The van der Waals surface area contributed by atoms with Crippen molar-refractivity contribution in [3.63, 3.8) is 0 Å². The van der Waals surface area contributed by atoms with Gasteiger partial charge in [0.25, 0.3) is 5.92 Å². The summed E-state index contributed by atoms with van der Waals surface area (Å²) in [6, 6.07) is 8.55. The van der Waals surface area contributed by atoms with Crippen molar-refractivity contribution < 1.29 is 13.6 Å². The second-order valence-electron chi connectivity index (χ2n) is 8.13. The Bertz CT molecular complexity index is 856. The zero-order chi connectivity index (χ0) is 19.9. The molecule has 2 atom stereocenters. The first kappa shape index (κ1) is 18.8. The van der Waals surface area contributed by atoms with E-state index in [0.717, 1.165) is 12.2 Å². The second kappa shape index (κ2) is 6.79. The van der Waals surface area contributed by atoms with Gasteiger partial charge in [-0.2, -0.15) is 0 Å². The predicted octanol–water partition coefficient (Wildman–Crippen LogP) is 4.12. The first-order valence-electron chi connectivity index (χ1n) is 9.65. The minimum absolute atomic E-state index is 0.0417. The lowest BCUT2D eigenvalue weighted by Crippen LogP contribution is -2.42. The normalized spacial score (nSPS) is 25.3. The van der Waals surface area contributed by atoms with Gasteiger partial charge in [0.05, 0.1) is 29.4 Å². The van der Waals surface area contributed by atoms with E-state index in [-0.39, 0.29) is 19.0 Å². The highest BCUT2D eigenvalue weighted by Gasteiger charge is 2.81. The molecule has 0 bridgehead atoms. The van der Waals surface area contributed by atoms with Crippen molar-refractivity contribution in [2.75, 3.05) is 18.4 Å². The monoisotopic (exact) mass is 386 g/mol. The van der Waals surface area contributed by atoms with Crippen LogP contribution in [0, 0.1) is 11.8 Å². The minimum Gasteiger partial charge on any atom is -0.324 e. The molecule has 28 heavy (non-hydrogen) atoms. The van der Waals surface area contributed by atoms with Crippen LogP contribution in [0.3, 0.4) is 0 Å². The highest BCUT2D eigenvalue weighted by atomic mass is 19.3. The second-order valence-corrected chi connectivity index (χ2v) is 8.13. The third-order valence-electron chi connectivity index (χ3n) is 5.85. The number of rotatable bonds is 4. The maximum absolute atomic E-state index is 14.7. The zero-order valence-corrected chi connectivity index (χ0v) is 16.0. The molecule has 1 N–H and O–H groups in total. The maximum Gasteiger partial charge on any atom is 0.321 e. The predicted molar refractivity (Wildman–Crippen MR) is 102 cm³/mol. The number of alkyl halides is 2. The Hall–Kier alpha value is -2.57. The van der Waals surface area contributed by atoms with Crippen LogP contribution >= 0.6 is 0 Å². The summed E-state index contributed by atoms with van der Waals surface area (Å²) in [4.78, 5) is 22.5. The van der Waals surface area contributed by atoms with Crippen LogP contribution in [0.2, 0.25) is 0 Å². The lowest BCUT2D eigenvalue weighted by Gasteiger charge is -2.30. The van der Waals surface area contributed by atoms with Crippen LogP contribution in [-0.4, -0.2) is 39.9 Å². The molecule has 1 saturated carbocycles. The van der Waals surface area contributed by atoms with Crippen LogP contribution < -0.4 is 5.32 Å². The van der Waals surface area contributed by atoms with Gasteiger partial charge < -0.3 is 10.2 Å². The summed E-state index contributed by atoms with van der Waals surface area (Å²) >= 11 is 0. The van der Waals surface area contributed by atoms with Crippen molar-refractivity contribution in [2.24, 2.45) is 11.8 Å². The lowest BCUT2D eigenvalue weighted by molar-refractivity contribution is 0.0777. The van der Waals surface area contributed by atoms with E-state index >= 15 is 0 Å². The van der Waals surface area contributed by atoms with E-state index in [4.69, 9.17) is 0 Å². The number of amides is 2. The molecule has 148 valence electrons. The van der Waals surface area contributed by atoms with Crippen LogP contribution in [0.25, 0.3) is 0 Å². The summed E-state index contributed by atoms with van der Waals surface area (Å²) in [5.74, 6) is -2.47. The summed E-state index contributed by atoms with van der Waals surface area (Å²) < 4.78 is 29.4. The zero-order valence-electron chi connectivity index (χ0n) is 16.0. The molecule has 2 unspecified atom stereocenters. The fourth-order valence-electron chi connectivity index (χ4n) is 4.32. The van der Waals surface area contributed by atoms with Crippen molar-refractivity contribution in [3.8, 4) is 0 Å². The number of anilines is 1. The van der Waals surface area contributed by atoms with Crippen LogP contribution in [0.15, 0.2) is 42.7 Å². The fraction of sp³-hybridized carbons (Fsp3) is 0.476. The average Bonchev–Trinajstić information content (AvgIpc) is 3.19. The number of benzene rings is 1. The van der Waals surface area contributed by atoms with Crippen molar-refractivity contribution in [1.29, 1.82) is 0 Å². The number of likely N-dealkylation sites (tertiary alicyclic amines) is 1. The molecule has 2 fully saturated rings. The first-order chi connectivity index (χ1) is 13.3. The molecule has 1 aromatic heterocycles. The summed E-state index contributed by atoms with van der Waals surface area (Å²) in [7, 11) is 0. The third kappa shape index (κ3) is 3.02. The van der Waals surface area contributed by atoms with E-state index < -0.39 is 17.3 Å². The molecule has 2 amide bonds. The average molecular weight is 386 g/mol. The topological polar surface area (TPSA) is 58.1 Å². The number of hydrogen-bond donors (Lipinski definition) is 1. The lowest BCUT2D eigenvalue weighted by atomic mass is 9.87. The molecular formula is C21H24F2N4O. The quantitative estimate of drug-likeness (QED) is 0.860. The molecule has 1 aliphatic carbocycles. The smallest absolute Gasteiger partial charge is 0.321 e. The van der Waals surface area contributed by atoms with Crippen LogP contribution in [0.4, 0.5) is 19.3 Å². The number of hydrogen-bond acceptors (Lipinski definition) is 3. The Labute approximate surface area is 163 Å².